The standard InChI is InChI=1S/C15H17N5O2S2/c1-3-20-13(21)11(24-15(20)23)8-12-17-10(9-16)14(22-12)19-6-4-18(2)5-7-19/h8H,3-7H2,1-2H3/b11-8+. The molecule has 24 heavy (non-hydrogen) atoms. The minimum Gasteiger partial charge on any atom is -0.420 e. The summed E-state index contributed by atoms with van der Waals surface area (Å²) in [5.41, 5.74) is 0.247. The number of carbonyl (C=O) groups is 1. The fraction of sp³-hybridized carbons (Fsp3) is 0.467. The Balaban J connectivity index is 1.86. The van der Waals surface area contributed by atoms with Crippen molar-refractivity contribution in [2.45, 2.75) is 6.92 Å². The van der Waals surface area contributed by atoms with Gasteiger partial charge in [-0.2, -0.15) is 10.2 Å². The van der Waals surface area contributed by atoms with Gasteiger partial charge in [-0.3, -0.25) is 9.69 Å². The predicted molar refractivity (Wildman–Crippen MR) is 96.5 cm³/mol. The molecule has 0 aromatic carbocycles. The summed E-state index contributed by atoms with van der Waals surface area (Å²) in [7, 11) is 2.06. The Morgan fingerprint density at radius 2 is 2.12 bits per heavy atom. The van der Waals surface area contributed by atoms with Crippen LogP contribution in [-0.4, -0.2) is 64.8 Å². The summed E-state index contributed by atoms with van der Waals surface area (Å²) in [6, 6.07) is 2.07. The number of hydrogen-bond acceptors (Lipinski definition) is 8. The van der Waals surface area contributed by atoms with E-state index in [1.165, 1.54) is 16.7 Å². The quantitative estimate of drug-likeness (QED) is 0.591. The van der Waals surface area contributed by atoms with E-state index in [2.05, 4.69) is 23.0 Å². The van der Waals surface area contributed by atoms with E-state index in [-0.39, 0.29) is 17.5 Å². The van der Waals surface area contributed by atoms with E-state index in [0.29, 0.717) is 21.7 Å². The first kappa shape index (κ1) is 17.0. The number of nitriles is 1. The lowest BCUT2D eigenvalue weighted by molar-refractivity contribution is -0.121. The predicted octanol–water partition coefficient (Wildman–Crippen LogP) is 1.52. The van der Waals surface area contributed by atoms with Crippen molar-refractivity contribution in [3.8, 4) is 6.07 Å². The third kappa shape index (κ3) is 3.17. The van der Waals surface area contributed by atoms with Crippen LogP contribution in [0.5, 0.6) is 0 Å². The topological polar surface area (TPSA) is 76.6 Å². The normalized spacial score (nSPS) is 21.0. The number of carbonyl (C=O) groups excluding carboxylic acids is 1. The minimum atomic E-state index is -0.148. The minimum absolute atomic E-state index is 0.148. The van der Waals surface area contributed by atoms with E-state index in [1.807, 2.05) is 11.8 Å². The highest BCUT2D eigenvalue weighted by Gasteiger charge is 2.31. The van der Waals surface area contributed by atoms with Gasteiger partial charge in [0.1, 0.15) is 10.4 Å². The Bertz CT molecular complexity index is 744. The maximum absolute atomic E-state index is 12.2. The first-order chi connectivity index (χ1) is 11.5. The summed E-state index contributed by atoms with van der Waals surface area (Å²) in [4.78, 5) is 22.7. The van der Waals surface area contributed by atoms with Crippen molar-refractivity contribution >= 4 is 46.2 Å². The summed E-state index contributed by atoms with van der Waals surface area (Å²) in [5, 5.41) is 9.32. The molecule has 126 valence electrons. The summed E-state index contributed by atoms with van der Waals surface area (Å²) in [6.07, 6.45) is 1.56. The van der Waals surface area contributed by atoms with Crippen molar-refractivity contribution in [3.05, 3.63) is 16.5 Å². The third-order valence-corrected chi connectivity index (χ3v) is 5.34. The molecule has 3 rings (SSSR count). The van der Waals surface area contributed by atoms with Crippen LogP contribution in [0.3, 0.4) is 0 Å². The van der Waals surface area contributed by atoms with E-state index >= 15 is 0 Å². The summed E-state index contributed by atoms with van der Waals surface area (Å²) < 4.78 is 6.29. The van der Waals surface area contributed by atoms with E-state index in [9.17, 15) is 10.1 Å². The first-order valence-corrected chi connectivity index (χ1v) is 8.85. The van der Waals surface area contributed by atoms with Crippen LogP contribution < -0.4 is 4.90 Å². The van der Waals surface area contributed by atoms with Crippen LogP contribution in [0, 0.1) is 11.3 Å². The molecular weight excluding hydrogens is 346 g/mol. The number of thioether (sulfide) groups is 1. The summed E-state index contributed by atoms with van der Waals surface area (Å²) >= 11 is 6.41. The molecule has 2 fully saturated rings. The summed E-state index contributed by atoms with van der Waals surface area (Å²) in [6.45, 7) is 5.75. The van der Waals surface area contributed by atoms with Gasteiger partial charge in [-0.15, -0.1) is 0 Å². The molecule has 0 atom stereocenters. The number of hydrogen-bond donors (Lipinski definition) is 0. The van der Waals surface area contributed by atoms with E-state index in [0.717, 1.165) is 26.2 Å². The third-order valence-electron chi connectivity index (χ3n) is 3.97. The molecule has 1 aromatic rings. The van der Waals surface area contributed by atoms with Crippen LogP contribution in [0.25, 0.3) is 6.08 Å². The van der Waals surface area contributed by atoms with Gasteiger partial charge in [0.25, 0.3) is 5.91 Å². The van der Waals surface area contributed by atoms with Gasteiger partial charge in [-0.1, -0.05) is 24.0 Å². The number of aromatic nitrogens is 1. The lowest BCUT2D eigenvalue weighted by atomic mass is 10.3. The van der Waals surface area contributed by atoms with Gasteiger partial charge in [-0.25, -0.2) is 0 Å². The molecule has 0 N–H and O–H groups in total. The average molecular weight is 363 g/mol. The fourth-order valence-corrected chi connectivity index (χ4v) is 3.92. The van der Waals surface area contributed by atoms with Gasteiger partial charge >= 0.3 is 0 Å². The number of likely N-dealkylation sites (N-methyl/N-ethyl adjacent to an activating group) is 2. The van der Waals surface area contributed by atoms with Crippen LogP contribution in [0.1, 0.15) is 18.5 Å². The highest BCUT2D eigenvalue weighted by atomic mass is 32.2. The second kappa shape index (κ2) is 6.93. The number of nitrogens with zero attached hydrogens (tertiary/aromatic N) is 5. The molecule has 1 aromatic heterocycles. The van der Waals surface area contributed by atoms with Gasteiger partial charge in [0.2, 0.25) is 17.5 Å². The van der Waals surface area contributed by atoms with E-state index in [1.54, 1.807) is 6.08 Å². The number of thiocarbonyl (C=S) groups is 1. The van der Waals surface area contributed by atoms with Gasteiger partial charge in [-0.05, 0) is 14.0 Å². The Hall–Kier alpha value is -1.89. The molecule has 0 bridgehead atoms. The highest BCUT2D eigenvalue weighted by Crippen LogP contribution is 2.33. The Labute approximate surface area is 149 Å². The molecule has 2 saturated heterocycles. The molecular formula is C15H17N5O2S2. The molecule has 1 amide bonds. The molecule has 7 nitrogen and oxygen atoms in total. The second-order valence-electron chi connectivity index (χ2n) is 5.53. The maximum Gasteiger partial charge on any atom is 0.266 e. The largest absolute Gasteiger partial charge is 0.420 e. The van der Waals surface area contributed by atoms with Crippen molar-refractivity contribution in [2.75, 3.05) is 44.7 Å². The molecule has 0 aliphatic carbocycles. The summed E-state index contributed by atoms with van der Waals surface area (Å²) in [5.74, 6) is 0.588. The van der Waals surface area contributed by atoms with E-state index in [4.69, 9.17) is 16.6 Å². The molecule has 3 heterocycles. The number of amides is 1. The Morgan fingerprint density at radius 3 is 2.71 bits per heavy atom. The highest BCUT2D eigenvalue weighted by molar-refractivity contribution is 8.26. The SMILES string of the molecule is CCN1C(=O)/C(=C\c2nc(C#N)c(N3CCN(C)CC3)o2)SC1=S. The van der Waals surface area contributed by atoms with Crippen LogP contribution >= 0.6 is 24.0 Å². The maximum atomic E-state index is 12.2. The van der Waals surface area contributed by atoms with Crippen LogP contribution in [0.2, 0.25) is 0 Å². The smallest absolute Gasteiger partial charge is 0.266 e. The Kier molecular flexibility index (Phi) is 4.89. The van der Waals surface area contributed by atoms with Crippen molar-refractivity contribution in [2.24, 2.45) is 0 Å². The second-order valence-corrected chi connectivity index (χ2v) is 7.21. The first-order valence-electron chi connectivity index (χ1n) is 7.63. The molecule has 0 spiro atoms. The number of anilines is 1. The van der Waals surface area contributed by atoms with Gasteiger partial charge < -0.3 is 14.2 Å². The van der Waals surface area contributed by atoms with Crippen LogP contribution in [0.15, 0.2) is 9.32 Å². The van der Waals surface area contributed by atoms with Crippen LogP contribution in [0.4, 0.5) is 5.88 Å². The monoisotopic (exact) mass is 363 g/mol. The van der Waals surface area contributed by atoms with Crippen molar-refractivity contribution in [1.29, 1.82) is 5.26 Å². The van der Waals surface area contributed by atoms with E-state index < -0.39 is 0 Å². The number of piperazine rings is 1. The number of rotatable bonds is 3. The lowest BCUT2D eigenvalue weighted by Gasteiger charge is -2.31. The van der Waals surface area contributed by atoms with Crippen LogP contribution in [-0.2, 0) is 4.79 Å². The van der Waals surface area contributed by atoms with Gasteiger partial charge in [0, 0.05) is 38.8 Å². The zero-order chi connectivity index (χ0) is 17.3. The lowest BCUT2D eigenvalue weighted by Crippen LogP contribution is -2.44. The zero-order valence-electron chi connectivity index (χ0n) is 13.5. The average Bonchev–Trinajstić information content (AvgIpc) is 3.09. The molecule has 0 saturated carbocycles. The Morgan fingerprint density at radius 1 is 1.42 bits per heavy atom. The molecule has 2 aliphatic rings. The van der Waals surface area contributed by atoms with Gasteiger partial charge in [0.05, 0.1) is 4.91 Å². The van der Waals surface area contributed by atoms with Crippen molar-refractivity contribution < 1.29 is 9.21 Å². The van der Waals surface area contributed by atoms with Crippen molar-refractivity contribution in [3.63, 3.8) is 0 Å². The zero-order valence-corrected chi connectivity index (χ0v) is 15.1. The molecule has 0 unspecified atom stereocenters. The van der Waals surface area contributed by atoms with Crippen molar-refractivity contribution in [1.82, 2.24) is 14.8 Å². The number of oxazole rings is 1. The van der Waals surface area contributed by atoms with Gasteiger partial charge in [0.15, 0.2) is 0 Å². The fourth-order valence-electron chi connectivity index (χ4n) is 2.57. The molecule has 0 radical (unpaired) electrons. The molecule has 9 heteroatoms. The molecule has 2 aliphatic heterocycles.